The molecule has 1 N–H and O–H groups in total. The van der Waals surface area contributed by atoms with E-state index in [2.05, 4.69) is 34.5 Å². The molecule has 3 heteroatoms. The molecular formula is C17H26N2O. The molecule has 1 aromatic carbocycles. The predicted molar refractivity (Wildman–Crippen MR) is 83.2 cm³/mol. The van der Waals surface area contributed by atoms with Crippen molar-refractivity contribution in [3.63, 3.8) is 0 Å². The highest BCUT2D eigenvalue weighted by atomic mass is 16.5. The molecule has 0 radical (unpaired) electrons. The highest BCUT2D eigenvalue weighted by molar-refractivity contribution is 5.55. The second-order valence-corrected chi connectivity index (χ2v) is 6.24. The van der Waals surface area contributed by atoms with Gasteiger partial charge in [0.1, 0.15) is 0 Å². The zero-order chi connectivity index (χ0) is 13.8. The highest BCUT2D eigenvalue weighted by Crippen LogP contribution is 2.35. The van der Waals surface area contributed by atoms with Crippen LogP contribution in [0, 0.1) is 0 Å². The molecule has 0 unspecified atom stereocenters. The number of nitrogens with one attached hydrogen (secondary N) is 1. The summed E-state index contributed by atoms with van der Waals surface area (Å²) in [6, 6.07) is 8.85. The van der Waals surface area contributed by atoms with Gasteiger partial charge in [0.05, 0.1) is 0 Å². The van der Waals surface area contributed by atoms with E-state index in [4.69, 9.17) is 4.74 Å². The van der Waals surface area contributed by atoms with Crippen molar-refractivity contribution in [2.24, 2.45) is 0 Å². The van der Waals surface area contributed by atoms with Gasteiger partial charge in [-0.05, 0) is 30.9 Å². The van der Waals surface area contributed by atoms with Crippen molar-refractivity contribution >= 4 is 5.69 Å². The first-order valence-corrected chi connectivity index (χ1v) is 7.90. The summed E-state index contributed by atoms with van der Waals surface area (Å²) in [4.78, 5) is 2.58. The van der Waals surface area contributed by atoms with E-state index in [0.29, 0.717) is 5.54 Å². The van der Waals surface area contributed by atoms with E-state index in [-0.39, 0.29) is 0 Å². The monoisotopic (exact) mass is 274 g/mol. The highest BCUT2D eigenvalue weighted by Gasteiger charge is 2.37. The number of methoxy groups -OCH3 is 1. The van der Waals surface area contributed by atoms with E-state index in [0.717, 1.165) is 32.7 Å². The lowest BCUT2D eigenvalue weighted by molar-refractivity contribution is 0.195. The molecule has 1 heterocycles. The fourth-order valence-corrected chi connectivity index (χ4v) is 3.74. The first-order chi connectivity index (χ1) is 9.83. The van der Waals surface area contributed by atoms with E-state index < -0.39 is 0 Å². The summed E-state index contributed by atoms with van der Waals surface area (Å²) in [5, 5.41) is 3.86. The minimum absolute atomic E-state index is 0.339. The molecule has 0 bridgehead atoms. The Kier molecular flexibility index (Phi) is 4.27. The van der Waals surface area contributed by atoms with Crippen molar-refractivity contribution in [1.82, 2.24) is 5.32 Å². The van der Waals surface area contributed by atoms with Gasteiger partial charge in [-0.15, -0.1) is 0 Å². The Morgan fingerprint density at radius 3 is 2.85 bits per heavy atom. The largest absolute Gasteiger partial charge is 0.385 e. The van der Waals surface area contributed by atoms with Gasteiger partial charge in [0.15, 0.2) is 0 Å². The minimum atomic E-state index is 0.339. The lowest BCUT2D eigenvalue weighted by Crippen LogP contribution is -2.49. The summed E-state index contributed by atoms with van der Waals surface area (Å²) in [6.07, 6.45) is 6.48. The van der Waals surface area contributed by atoms with Gasteiger partial charge < -0.3 is 15.0 Å². The molecule has 1 aromatic rings. The number of para-hydroxylation sites is 1. The first-order valence-electron chi connectivity index (χ1n) is 7.90. The topological polar surface area (TPSA) is 24.5 Å². The van der Waals surface area contributed by atoms with Crippen LogP contribution in [0.25, 0.3) is 0 Å². The molecule has 0 amide bonds. The number of ether oxygens (including phenoxy) is 1. The van der Waals surface area contributed by atoms with Gasteiger partial charge in [-0.2, -0.15) is 0 Å². The fraction of sp³-hybridized carbons (Fsp3) is 0.647. The van der Waals surface area contributed by atoms with Gasteiger partial charge in [0, 0.05) is 44.6 Å². The quantitative estimate of drug-likeness (QED) is 0.854. The summed E-state index contributed by atoms with van der Waals surface area (Å²) >= 11 is 0. The second-order valence-electron chi connectivity index (χ2n) is 6.24. The smallest absolute Gasteiger partial charge is 0.0479 e. The average Bonchev–Trinajstić information content (AvgIpc) is 2.87. The standard InChI is InChI=1S/C17H26N2O/c1-20-12-6-11-19-14-17(9-4-5-10-17)18-13-15-7-2-3-8-16(15)19/h2-3,7-8,18H,4-6,9-14H2,1H3. The van der Waals surface area contributed by atoms with E-state index >= 15 is 0 Å². The van der Waals surface area contributed by atoms with E-state index in [1.165, 1.54) is 36.9 Å². The van der Waals surface area contributed by atoms with Gasteiger partial charge in [0.25, 0.3) is 0 Å². The lowest BCUT2D eigenvalue weighted by atomic mass is 9.97. The van der Waals surface area contributed by atoms with E-state index in [1.807, 2.05) is 0 Å². The maximum atomic E-state index is 5.23. The third-order valence-electron chi connectivity index (χ3n) is 4.82. The normalized spacial score (nSPS) is 20.9. The molecule has 1 aliphatic carbocycles. The van der Waals surface area contributed by atoms with Crippen LogP contribution in [0.1, 0.15) is 37.7 Å². The summed E-state index contributed by atoms with van der Waals surface area (Å²) < 4.78 is 5.23. The van der Waals surface area contributed by atoms with Crippen LogP contribution in [-0.2, 0) is 11.3 Å². The zero-order valence-corrected chi connectivity index (χ0v) is 12.5. The van der Waals surface area contributed by atoms with Crippen molar-refractivity contribution in [1.29, 1.82) is 0 Å². The molecule has 2 aliphatic rings. The number of nitrogens with zero attached hydrogens (tertiary/aromatic N) is 1. The number of anilines is 1. The molecule has 20 heavy (non-hydrogen) atoms. The molecule has 1 aliphatic heterocycles. The molecule has 1 saturated carbocycles. The molecule has 0 aromatic heterocycles. The van der Waals surface area contributed by atoms with Gasteiger partial charge in [-0.25, -0.2) is 0 Å². The second kappa shape index (κ2) is 6.15. The summed E-state index contributed by atoms with van der Waals surface area (Å²) in [7, 11) is 1.79. The zero-order valence-electron chi connectivity index (χ0n) is 12.5. The molecule has 1 spiro atoms. The average molecular weight is 274 g/mol. The Labute approximate surface area is 122 Å². The van der Waals surface area contributed by atoms with Gasteiger partial charge in [-0.3, -0.25) is 0 Å². The van der Waals surface area contributed by atoms with Crippen LogP contribution in [0.4, 0.5) is 5.69 Å². The van der Waals surface area contributed by atoms with Gasteiger partial charge in [-0.1, -0.05) is 31.0 Å². The summed E-state index contributed by atoms with van der Waals surface area (Å²) in [5.41, 5.74) is 3.19. The Balaban J connectivity index is 1.81. The van der Waals surface area contributed by atoms with E-state index in [1.54, 1.807) is 7.11 Å². The van der Waals surface area contributed by atoms with Crippen molar-refractivity contribution in [3.8, 4) is 0 Å². The van der Waals surface area contributed by atoms with Crippen LogP contribution in [-0.4, -0.2) is 32.3 Å². The summed E-state index contributed by atoms with van der Waals surface area (Å²) in [6.45, 7) is 4.10. The number of hydrogen-bond donors (Lipinski definition) is 1. The Morgan fingerprint density at radius 1 is 1.25 bits per heavy atom. The van der Waals surface area contributed by atoms with E-state index in [9.17, 15) is 0 Å². The molecule has 0 saturated heterocycles. The predicted octanol–water partition coefficient (Wildman–Crippen LogP) is 2.95. The van der Waals surface area contributed by atoms with Crippen molar-refractivity contribution in [3.05, 3.63) is 29.8 Å². The minimum Gasteiger partial charge on any atom is -0.385 e. The number of benzene rings is 1. The Bertz CT molecular complexity index is 440. The fourth-order valence-electron chi connectivity index (χ4n) is 3.74. The molecule has 110 valence electrons. The van der Waals surface area contributed by atoms with Crippen LogP contribution in [0.5, 0.6) is 0 Å². The van der Waals surface area contributed by atoms with Crippen molar-refractivity contribution in [2.45, 2.75) is 44.2 Å². The molecule has 3 nitrogen and oxygen atoms in total. The molecule has 0 atom stereocenters. The van der Waals surface area contributed by atoms with Gasteiger partial charge in [0.2, 0.25) is 0 Å². The third-order valence-corrected chi connectivity index (χ3v) is 4.82. The van der Waals surface area contributed by atoms with Crippen LogP contribution < -0.4 is 10.2 Å². The van der Waals surface area contributed by atoms with Crippen molar-refractivity contribution < 1.29 is 4.74 Å². The Morgan fingerprint density at radius 2 is 2.05 bits per heavy atom. The maximum absolute atomic E-state index is 5.23. The van der Waals surface area contributed by atoms with Crippen LogP contribution >= 0.6 is 0 Å². The molecule has 3 rings (SSSR count). The number of fused-ring (bicyclic) bond motifs is 1. The maximum Gasteiger partial charge on any atom is 0.0479 e. The lowest BCUT2D eigenvalue weighted by Gasteiger charge is -2.35. The summed E-state index contributed by atoms with van der Waals surface area (Å²) in [5.74, 6) is 0. The molecule has 1 fully saturated rings. The SMILES string of the molecule is COCCCN1CC2(CCCC2)NCc2ccccc21. The Hall–Kier alpha value is -1.06. The van der Waals surface area contributed by atoms with Gasteiger partial charge >= 0.3 is 0 Å². The first kappa shape index (κ1) is 13.9. The van der Waals surface area contributed by atoms with Crippen LogP contribution in [0.15, 0.2) is 24.3 Å². The van der Waals surface area contributed by atoms with Crippen LogP contribution in [0.2, 0.25) is 0 Å². The molecular weight excluding hydrogens is 248 g/mol. The third kappa shape index (κ3) is 2.84. The number of hydrogen-bond acceptors (Lipinski definition) is 3. The number of rotatable bonds is 4. The van der Waals surface area contributed by atoms with Crippen molar-refractivity contribution in [2.75, 3.05) is 31.7 Å². The van der Waals surface area contributed by atoms with Crippen LogP contribution in [0.3, 0.4) is 0 Å².